The third-order valence-corrected chi connectivity index (χ3v) is 3.67. The van der Waals surface area contributed by atoms with Crippen LogP contribution in [-0.4, -0.2) is 54.2 Å². The predicted molar refractivity (Wildman–Crippen MR) is 88.5 cm³/mol. The first kappa shape index (κ1) is 16.6. The number of rotatable bonds is 8. The lowest BCUT2D eigenvalue weighted by Gasteiger charge is -2.12. The van der Waals surface area contributed by atoms with Gasteiger partial charge in [0.25, 0.3) is 0 Å². The summed E-state index contributed by atoms with van der Waals surface area (Å²) in [6.45, 7) is 3.06. The smallest absolute Gasteiger partial charge is 0.111 e. The molecule has 1 aromatic heterocycles. The first-order valence-electron chi connectivity index (χ1n) is 7.05. The fourth-order valence-corrected chi connectivity index (χ4v) is 2.51. The Hall–Kier alpha value is -0.810. The van der Waals surface area contributed by atoms with Crippen LogP contribution in [0.25, 0.3) is 11.0 Å². The molecular formula is C15H21Cl2N3O. The number of benzene rings is 1. The van der Waals surface area contributed by atoms with Gasteiger partial charge < -0.3 is 14.2 Å². The Balaban J connectivity index is 2.08. The molecule has 4 nitrogen and oxygen atoms in total. The molecule has 2 rings (SSSR count). The molecule has 0 aliphatic heterocycles. The number of hydrogen-bond acceptors (Lipinski definition) is 3. The van der Waals surface area contributed by atoms with E-state index >= 15 is 0 Å². The molecule has 0 radical (unpaired) electrons. The molecule has 21 heavy (non-hydrogen) atoms. The molecule has 0 bridgehead atoms. The van der Waals surface area contributed by atoms with E-state index < -0.39 is 0 Å². The number of alkyl halides is 1. The zero-order valence-electron chi connectivity index (χ0n) is 12.5. The van der Waals surface area contributed by atoms with Gasteiger partial charge in [-0.2, -0.15) is 0 Å². The van der Waals surface area contributed by atoms with Crippen molar-refractivity contribution in [2.75, 3.05) is 39.7 Å². The van der Waals surface area contributed by atoms with Crippen LogP contribution in [0.2, 0.25) is 5.02 Å². The normalized spacial score (nSPS) is 11.7. The second-order valence-electron chi connectivity index (χ2n) is 5.17. The van der Waals surface area contributed by atoms with E-state index in [2.05, 4.69) is 14.5 Å². The van der Waals surface area contributed by atoms with E-state index in [1.165, 1.54) is 0 Å². The van der Waals surface area contributed by atoms with E-state index in [9.17, 15) is 0 Å². The highest BCUT2D eigenvalue weighted by Gasteiger charge is 2.10. The standard InChI is InChI=1S/C15H21Cl2N3O/c1-19(2)7-9-21-10-8-20-14-11-12(17)3-4-13(14)18-15(20)5-6-16/h3-4,11H,5-10H2,1-2H3. The minimum absolute atomic E-state index is 0.554. The molecule has 0 saturated heterocycles. The largest absolute Gasteiger partial charge is 0.378 e. The van der Waals surface area contributed by atoms with E-state index in [-0.39, 0.29) is 0 Å². The first-order chi connectivity index (χ1) is 10.1. The number of halogens is 2. The van der Waals surface area contributed by atoms with Crippen LogP contribution in [0, 0.1) is 0 Å². The molecule has 0 amide bonds. The number of likely N-dealkylation sites (N-methyl/N-ethyl adjacent to an activating group) is 1. The molecule has 1 aromatic carbocycles. The second-order valence-corrected chi connectivity index (χ2v) is 5.98. The van der Waals surface area contributed by atoms with Crippen LogP contribution in [0.1, 0.15) is 5.82 Å². The van der Waals surface area contributed by atoms with Crippen LogP contribution < -0.4 is 0 Å². The molecule has 0 aliphatic carbocycles. The maximum Gasteiger partial charge on any atom is 0.111 e. The summed E-state index contributed by atoms with van der Waals surface area (Å²) in [5.74, 6) is 1.54. The molecule has 116 valence electrons. The second kappa shape index (κ2) is 7.99. The van der Waals surface area contributed by atoms with Gasteiger partial charge in [0, 0.05) is 30.4 Å². The van der Waals surface area contributed by atoms with E-state index in [4.69, 9.17) is 27.9 Å². The number of aromatic nitrogens is 2. The van der Waals surface area contributed by atoms with Crippen LogP contribution in [0.4, 0.5) is 0 Å². The minimum atomic E-state index is 0.554. The quantitative estimate of drug-likeness (QED) is 0.550. The van der Waals surface area contributed by atoms with Crippen molar-refractivity contribution in [3.63, 3.8) is 0 Å². The van der Waals surface area contributed by atoms with Crippen LogP contribution in [0.5, 0.6) is 0 Å². The summed E-state index contributed by atoms with van der Waals surface area (Å²) < 4.78 is 7.83. The molecule has 0 N–H and O–H groups in total. The first-order valence-corrected chi connectivity index (χ1v) is 7.96. The van der Waals surface area contributed by atoms with Crippen LogP contribution in [-0.2, 0) is 17.7 Å². The Morgan fingerprint density at radius 2 is 2.10 bits per heavy atom. The van der Waals surface area contributed by atoms with E-state index in [0.29, 0.717) is 12.5 Å². The molecule has 0 unspecified atom stereocenters. The van der Waals surface area contributed by atoms with Gasteiger partial charge in [-0.25, -0.2) is 4.98 Å². The van der Waals surface area contributed by atoms with Gasteiger partial charge in [0.05, 0.1) is 24.2 Å². The average Bonchev–Trinajstić information content (AvgIpc) is 2.76. The molecular weight excluding hydrogens is 309 g/mol. The lowest BCUT2D eigenvalue weighted by molar-refractivity contribution is 0.111. The van der Waals surface area contributed by atoms with Gasteiger partial charge in [0.2, 0.25) is 0 Å². The van der Waals surface area contributed by atoms with Gasteiger partial charge in [-0.15, -0.1) is 11.6 Å². The van der Waals surface area contributed by atoms with Crippen molar-refractivity contribution in [3.05, 3.63) is 29.0 Å². The minimum Gasteiger partial charge on any atom is -0.378 e. The van der Waals surface area contributed by atoms with Crippen molar-refractivity contribution in [3.8, 4) is 0 Å². The van der Waals surface area contributed by atoms with Crippen molar-refractivity contribution in [1.29, 1.82) is 0 Å². The van der Waals surface area contributed by atoms with E-state index in [0.717, 1.165) is 48.0 Å². The molecule has 2 aromatic rings. The maximum atomic E-state index is 6.09. The highest BCUT2D eigenvalue weighted by molar-refractivity contribution is 6.31. The summed E-state index contributed by atoms with van der Waals surface area (Å²) in [7, 11) is 4.07. The predicted octanol–water partition coefficient (Wildman–Crippen LogP) is 3.05. The molecule has 0 atom stereocenters. The van der Waals surface area contributed by atoms with Crippen molar-refractivity contribution in [1.82, 2.24) is 14.5 Å². The molecule has 6 heteroatoms. The van der Waals surface area contributed by atoms with Crippen molar-refractivity contribution in [2.45, 2.75) is 13.0 Å². The van der Waals surface area contributed by atoms with E-state index in [1.807, 2.05) is 32.3 Å². The van der Waals surface area contributed by atoms with Crippen molar-refractivity contribution in [2.24, 2.45) is 0 Å². The topological polar surface area (TPSA) is 30.3 Å². The lowest BCUT2D eigenvalue weighted by Crippen LogP contribution is -2.19. The summed E-state index contributed by atoms with van der Waals surface area (Å²) in [5.41, 5.74) is 1.99. The lowest BCUT2D eigenvalue weighted by atomic mass is 10.3. The van der Waals surface area contributed by atoms with Gasteiger partial charge in [-0.3, -0.25) is 0 Å². The Morgan fingerprint density at radius 3 is 2.81 bits per heavy atom. The SMILES string of the molecule is CN(C)CCOCCn1c(CCCl)nc2ccc(Cl)cc21. The van der Waals surface area contributed by atoms with Crippen molar-refractivity contribution >= 4 is 34.2 Å². The Labute approximate surface area is 135 Å². The van der Waals surface area contributed by atoms with Crippen LogP contribution in [0.15, 0.2) is 18.2 Å². The van der Waals surface area contributed by atoms with E-state index in [1.54, 1.807) is 0 Å². The highest BCUT2D eigenvalue weighted by atomic mass is 35.5. The van der Waals surface area contributed by atoms with Gasteiger partial charge in [-0.1, -0.05) is 11.6 Å². The molecule has 1 heterocycles. The van der Waals surface area contributed by atoms with Gasteiger partial charge in [-0.05, 0) is 32.3 Å². The van der Waals surface area contributed by atoms with Gasteiger partial charge >= 0.3 is 0 Å². The Kier molecular flexibility index (Phi) is 6.30. The van der Waals surface area contributed by atoms with Gasteiger partial charge in [0.15, 0.2) is 0 Å². The highest BCUT2D eigenvalue weighted by Crippen LogP contribution is 2.21. The summed E-state index contributed by atoms with van der Waals surface area (Å²) in [6.07, 6.45) is 0.742. The third kappa shape index (κ3) is 4.58. The molecule has 0 saturated carbocycles. The molecule has 0 aliphatic rings. The molecule has 0 fully saturated rings. The van der Waals surface area contributed by atoms with Crippen LogP contribution >= 0.6 is 23.2 Å². The number of aryl methyl sites for hydroxylation is 1. The average molecular weight is 330 g/mol. The third-order valence-electron chi connectivity index (χ3n) is 3.25. The Bertz CT molecular complexity index is 584. The summed E-state index contributed by atoms with van der Waals surface area (Å²) >= 11 is 12.0. The number of nitrogens with zero attached hydrogens (tertiary/aromatic N) is 3. The monoisotopic (exact) mass is 329 g/mol. The maximum absolute atomic E-state index is 6.09. The van der Waals surface area contributed by atoms with Crippen LogP contribution in [0.3, 0.4) is 0 Å². The zero-order chi connectivity index (χ0) is 15.2. The van der Waals surface area contributed by atoms with Gasteiger partial charge in [0.1, 0.15) is 5.82 Å². The number of imidazole rings is 1. The number of ether oxygens (including phenoxy) is 1. The summed E-state index contributed by atoms with van der Waals surface area (Å²) in [5, 5.41) is 0.717. The molecule has 0 spiro atoms. The van der Waals surface area contributed by atoms with Crippen molar-refractivity contribution < 1.29 is 4.74 Å². The summed E-state index contributed by atoms with van der Waals surface area (Å²) in [6, 6.07) is 5.75. The fraction of sp³-hybridized carbons (Fsp3) is 0.533. The fourth-order valence-electron chi connectivity index (χ4n) is 2.18. The zero-order valence-corrected chi connectivity index (χ0v) is 14.0. The Morgan fingerprint density at radius 1 is 1.29 bits per heavy atom. The number of hydrogen-bond donors (Lipinski definition) is 0. The number of fused-ring (bicyclic) bond motifs is 1. The summed E-state index contributed by atoms with van der Waals surface area (Å²) in [4.78, 5) is 6.73.